The summed E-state index contributed by atoms with van der Waals surface area (Å²) >= 11 is 0. The summed E-state index contributed by atoms with van der Waals surface area (Å²) in [6.45, 7) is 12.3. The van der Waals surface area contributed by atoms with Crippen LogP contribution in [0.4, 0.5) is 10.2 Å². The number of hydrogen-bond donors (Lipinski definition) is 1. The average molecular weight is 480 g/mol. The molecular formula is C32H34FN3. The van der Waals surface area contributed by atoms with E-state index in [1.165, 1.54) is 17.2 Å². The molecule has 0 fully saturated rings. The van der Waals surface area contributed by atoms with Crippen molar-refractivity contribution in [2.24, 2.45) is 0 Å². The van der Waals surface area contributed by atoms with Crippen molar-refractivity contribution in [3.05, 3.63) is 126 Å². The van der Waals surface area contributed by atoms with Gasteiger partial charge in [0.15, 0.2) is 0 Å². The van der Waals surface area contributed by atoms with Crippen molar-refractivity contribution in [1.82, 2.24) is 9.97 Å². The number of halogens is 1. The molecule has 0 unspecified atom stereocenters. The number of rotatable bonds is 10. The number of anilines is 1. The van der Waals surface area contributed by atoms with Crippen LogP contribution in [0, 0.1) is 12.7 Å². The van der Waals surface area contributed by atoms with E-state index in [0.717, 1.165) is 34.5 Å². The number of benzene rings is 1. The highest BCUT2D eigenvalue weighted by atomic mass is 19.1. The van der Waals surface area contributed by atoms with Gasteiger partial charge in [0.1, 0.15) is 17.3 Å². The van der Waals surface area contributed by atoms with Gasteiger partial charge in [-0.15, -0.1) is 0 Å². The Bertz CT molecular complexity index is 1330. The summed E-state index contributed by atoms with van der Waals surface area (Å²) in [5.41, 5.74) is 7.17. The van der Waals surface area contributed by atoms with E-state index in [9.17, 15) is 4.39 Å². The molecule has 3 aromatic rings. The van der Waals surface area contributed by atoms with Gasteiger partial charge < -0.3 is 5.32 Å². The van der Waals surface area contributed by atoms with Gasteiger partial charge in [-0.1, -0.05) is 73.7 Å². The predicted molar refractivity (Wildman–Crippen MR) is 152 cm³/mol. The van der Waals surface area contributed by atoms with Gasteiger partial charge in [-0.3, -0.25) is 4.98 Å². The summed E-state index contributed by atoms with van der Waals surface area (Å²) in [6.07, 6.45) is 18.4. The Kier molecular flexibility index (Phi) is 9.70. The van der Waals surface area contributed by atoms with Crippen molar-refractivity contribution >= 4 is 17.5 Å². The Morgan fingerprint density at radius 2 is 1.89 bits per heavy atom. The Morgan fingerprint density at radius 1 is 1.08 bits per heavy atom. The molecule has 0 spiro atoms. The van der Waals surface area contributed by atoms with Crippen molar-refractivity contribution < 1.29 is 4.39 Å². The summed E-state index contributed by atoms with van der Waals surface area (Å²) < 4.78 is 14.9. The number of aromatic nitrogens is 2. The molecule has 1 aromatic carbocycles. The molecule has 36 heavy (non-hydrogen) atoms. The van der Waals surface area contributed by atoms with E-state index in [2.05, 4.69) is 78.2 Å². The molecule has 3 nitrogen and oxygen atoms in total. The van der Waals surface area contributed by atoms with Gasteiger partial charge in [0.05, 0.1) is 0 Å². The molecule has 2 heterocycles. The third-order valence-corrected chi connectivity index (χ3v) is 5.52. The van der Waals surface area contributed by atoms with Gasteiger partial charge in [0.2, 0.25) is 0 Å². The second-order valence-corrected chi connectivity index (χ2v) is 8.67. The Labute approximate surface area is 214 Å². The maximum atomic E-state index is 14.9. The zero-order chi connectivity index (χ0) is 25.9. The summed E-state index contributed by atoms with van der Waals surface area (Å²) in [5.74, 6) is 0.355. The van der Waals surface area contributed by atoms with Crippen LogP contribution in [-0.2, 0) is 6.54 Å². The van der Waals surface area contributed by atoms with Crippen LogP contribution in [0.25, 0.3) is 22.8 Å². The van der Waals surface area contributed by atoms with E-state index in [4.69, 9.17) is 0 Å². The van der Waals surface area contributed by atoms with Gasteiger partial charge in [0.25, 0.3) is 0 Å². The SMILES string of the molecule is C=C(C)/C=C(\C=C/C)c1ncc(CNc2cc(-c3ccc(C)c(/C=C\C=C\CC)c3)ccn2)cc1F. The Balaban J connectivity index is 1.76. The van der Waals surface area contributed by atoms with E-state index in [-0.39, 0.29) is 5.82 Å². The third-order valence-electron chi connectivity index (χ3n) is 5.52. The van der Waals surface area contributed by atoms with Crippen LogP contribution in [0.1, 0.15) is 49.6 Å². The monoisotopic (exact) mass is 479 g/mol. The minimum absolute atomic E-state index is 0.314. The van der Waals surface area contributed by atoms with Crippen LogP contribution in [0.3, 0.4) is 0 Å². The quantitative estimate of drug-likeness (QED) is 0.295. The molecule has 3 rings (SSSR count). The molecule has 0 saturated heterocycles. The van der Waals surface area contributed by atoms with Crippen LogP contribution in [0.15, 0.2) is 97.4 Å². The molecule has 0 aliphatic heterocycles. The lowest BCUT2D eigenvalue weighted by molar-refractivity contribution is 0.614. The van der Waals surface area contributed by atoms with Crippen LogP contribution in [-0.4, -0.2) is 9.97 Å². The number of allylic oxidation sites excluding steroid dienone is 8. The molecule has 0 atom stereocenters. The first kappa shape index (κ1) is 26.6. The Hall–Kier alpha value is -4.05. The maximum absolute atomic E-state index is 14.9. The summed E-state index contributed by atoms with van der Waals surface area (Å²) in [5, 5.41) is 3.30. The van der Waals surface area contributed by atoms with E-state index >= 15 is 0 Å². The van der Waals surface area contributed by atoms with Crippen LogP contribution >= 0.6 is 0 Å². The summed E-state index contributed by atoms with van der Waals surface area (Å²) in [7, 11) is 0. The lowest BCUT2D eigenvalue weighted by atomic mass is 10.00. The number of nitrogens with one attached hydrogen (secondary N) is 1. The normalized spacial score (nSPS) is 12.2. The van der Waals surface area contributed by atoms with E-state index in [0.29, 0.717) is 17.8 Å². The molecular weight excluding hydrogens is 445 g/mol. The van der Waals surface area contributed by atoms with Gasteiger partial charge in [-0.2, -0.15) is 0 Å². The highest BCUT2D eigenvalue weighted by Crippen LogP contribution is 2.25. The molecule has 184 valence electrons. The first-order valence-corrected chi connectivity index (χ1v) is 12.2. The molecule has 0 amide bonds. The van der Waals surface area contributed by atoms with Gasteiger partial charge in [-0.05, 0) is 79.3 Å². The molecule has 4 heteroatoms. The van der Waals surface area contributed by atoms with Gasteiger partial charge >= 0.3 is 0 Å². The second-order valence-electron chi connectivity index (χ2n) is 8.67. The third kappa shape index (κ3) is 7.47. The van der Waals surface area contributed by atoms with Crippen molar-refractivity contribution in [3.8, 4) is 11.1 Å². The van der Waals surface area contributed by atoms with E-state index in [1.807, 2.05) is 44.2 Å². The lowest BCUT2D eigenvalue weighted by Gasteiger charge is -2.10. The highest BCUT2D eigenvalue weighted by molar-refractivity contribution is 5.74. The number of aryl methyl sites for hydroxylation is 1. The Morgan fingerprint density at radius 3 is 2.61 bits per heavy atom. The fourth-order valence-corrected chi connectivity index (χ4v) is 3.70. The van der Waals surface area contributed by atoms with Crippen molar-refractivity contribution in [3.63, 3.8) is 0 Å². The van der Waals surface area contributed by atoms with Crippen molar-refractivity contribution in [1.29, 1.82) is 0 Å². The predicted octanol–water partition coefficient (Wildman–Crippen LogP) is 8.72. The van der Waals surface area contributed by atoms with Crippen LogP contribution < -0.4 is 5.32 Å². The zero-order valence-electron chi connectivity index (χ0n) is 21.6. The van der Waals surface area contributed by atoms with Gasteiger partial charge in [0, 0.05) is 24.5 Å². The van der Waals surface area contributed by atoms with Gasteiger partial charge in [-0.25, -0.2) is 9.37 Å². The van der Waals surface area contributed by atoms with Crippen LogP contribution in [0.5, 0.6) is 0 Å². The van der Waals surface area contributed by atoms with Crippen molar-refractivity contribution in [2.45, 2.75) is 40.7 Å². The first-order valence-electron chi connectivity index (χ1n) is 12.2. The molecule has 0 bridgehead atoms. The second kappa shape index (κ2) is 13.1. The maximum Gasteiger partial charge on any atom is 0.149 e. The average Bonchev–Trinajstić information content (AvgIpc) is 2.86. The topological polar surface area (TPSA) is 37.8 Å². The largest absolute Gasteiger partial charge is 0.366 e. The minimum atomic E-state index is -0.365. The van der Waals surface area contributed by atoms with Crippen LogP contribution in [0.2, 0.25) is 0 Å². The highest BCUT2D eigenvalue weighted by Gasteiger charge is 2.10. The molecule has 1 N–H and O–H groups in total. The number of hydrogen-bond acceptors (Lipinski definition) is 3. The molecule has 2 aromatic heterocycles. The molecule has 0 radical (unpaired) electrons. The van der Waals surface area contributed by atoms with E-state index < -0.39 is 0 Å². The summed E-state index contributed by atoms with van der Waals surface area (Å²) in [6, 6.07) is 11.9. The standard InChI is InChI=1S/C32H34FN3/c1-6-8-9-10-12-26-19-27(14-13-24(26)5)28-15-16-34-31(20-28)35-21-25-18-30(33)32(36-22-25)29(11-7-2)17-23(3)4/h7-20,22H,3,6,21H2,1-2,4-5H3,(H,34,35)/b9-8+,11-7-,12-10-,29-17+. The fourth-order valence-electron chi connectivity index (χ4n) is 3.70. The summed E-state index contributed by atoms with van der Waals surface area (Å²) in [4.78, 5) is 8.81. The lowest BCUT2D eigenvalue weighted by Crippen LogP contribution is -2.04. The zero-order valence-corrected chi connectivity index (χ0v) is 21.6. The molecule has 0 aliphatic rings. The van der Waals surface area contributed by atoms with E-state index in [1.54, 1.807) is 12.4 Å². The molecule has 0 saturated carbocycles. The molecule has 0 aliphatic carbocycles. The number of pyridine rings is 2. The number of nitrogens with zero attached hydrogens (tertiary/aromatic N) is 2. The first-order chi connectivity index (χ1) is 17.4. The van der Waals surface area contributed by atoms with Crippen molar-refractivity contribution in [2.75, 3.05) is 5.32 Å². The smallest absolute Gasteiger partial charge is 0.149 e. The fraction of sp³-hybridized carbons (Fsp3) is 0.188. The minimum Gasteiger partial charge on any atom is -0.366 e.